The second-order valence-corrected chi connectivity index (χ2v) is 7.76. The van der Waals surface area contributed by atoms with E-state index < -0.39 is 5.91 Å². The zero-order chi connectivity index (χ0) is 21.0. The molecule has 0 bridgehead atoms. The Labute approximate surface area is 171 Å². The fourth-order valence-electron chi connectivity index (χ4n) is 2.90. The Morgan fingerprint density at radius 3 is 2.48 bits per heavy atom. The summed E-state index contributed by atoms with van der Waals surface area (Å²) in [5.41, 5.74) is 5.78. The van der Waals surface area contributed by atoms with Crippen LogP contribution in [0.3, 0.4) is 0 Å². The van der Waals surface area contributed by atoms with E-state index in [4.69, 9.17) is 20.7 Å². The largest absolute Gasteiger partial charge is 0.484 e. The number of thiophene rings is 1. The van der Waals surface area contributed by atoms with Gasteiger partial charge >= 0.3 is 0 Å². The minimum Gasteiger partial charge on any atom is -0.484 e. The van der Waals surface area contributed by atoms with Gasteiger partial charge in [-0.3, -0.25) is 14.4 Å². The van der Waals surface area contributed by atoms with Crippen molar-refractivity contribution in [2.75, 3.05) is 38.2 Å². The number of hydrogen-bond acceptors (Lipinski definition) is 7. The number of benzene rings is 1. The summed E-state index contributed by atoms with van der Waals surface area (Å²) in [6, 6.07) is 4.95. The molecule has 1 fully saturated rings. The lowest BCUT2D eigenvalue weighted by molar-refractivity contribution is -0.134. The summed E-state index contributed by atoms with van der Waals surface area (Å²) in [5.74, 6) is -0.707. The Morgan fingerprint density at radius 2 is 1.90 bits per heavy atom. The van der Waals surface area contributed by atoms with Gasteiger partial charge in [-0.15, -0.1) is 11.3 Å². The highest BCUT2D eigenvalue weighted by atomic mass is 32.1. The van der Waals surface area contributed by atoms with E-state index in [1.54, 1.807) is 18.2 Å². The van der Waals surface area contributed by atoms with Gasteiger partial charge in [0.1, 0.15) is 10.8 Å². The molecule has 3 amide bonds. The molecular weight excluding hydrogens is 398 g/mol. The summed E-state index contributed by atoms with van der Waals surface area (Å²) in [7, 11) is 0. The summed E-state index contributed by atoms with van der Waals surface area (Å²) in [5, 5.41) is 21.8. The van der Waals surface area contributed by atoms with Crippen LogP contribution in [0.1, 0.15) is 23.2 Å². The van der Waals surface area contributed by atoms with E-state index in [1.807, 2.05) is 0 Å². The minimum atomic E-state index is -0.630. The zero-order valence-corrected chi connectivity index (χ0v) is 16.5. The predicted molar refractivity (Wildman–Crippen MR) is 108 cm³/mol. The summed E-state index contributed by atoms with van der Waals surface area (Å²) in [6.45, 7) is -0.460. The van der Waals surface area contributed by atoms with Crippen LogP contribution in [0.2, 0.25) is 0 Å². The number of ether oxygens (including phenoxy) is 1. The molecule has 156 valence electrons. The van der Waals surface area contributed by atoms with Crippen molar-refractivity contribution >= 4 is 44.1 Å². The number of fused-ring (bicyclic) bond motifs is 1. The molecule has 1 aromatic carbocycles. The molecule has 29 heavy (non-hydrogen) atoms. The van der Waals surface area contributed by atoms with E-state index in [2.05, 4.69) is 5.32 Å². The van der Waals surface area contributed by atoms with Gasteiger partial charge < -0.3 is 30.9 Å². The average molecular weight is 421 g/mol. The normalized spacial score (nSPS) is 13.3. The fourth-order valence-corrected chi connectivity index (χ4v) is 4.04. The van der Waals surface area contributed by atoms with E-state index in [0.717, 1.165) is 12.8 Å². The van der Waals surface area contributed by atoms with Crippen LogP contribution in [-0.4, -0.2) is 65.7 Å². The van der Waals surface area contributed by atoms with E-state index in [-0.39, 0.29) is 56.2 Å². The van der Waals surface area contributed by atoms with Crippen molar-refractivity contribution in [2.24, 2.45) is 11.7 Å². The molecular formula is C19H23N3O6S. The van der Waals surface area contributed by atoms with Gasteiger partial charge in [0, 0.05) is 29.1 Å². The number of carbonyl (C=O) groups is 3. The number of hydrogen-bond donors (Lipinski definition) is 4. The van der Waals surface area contributed by atoms with Crippen molar-refractivity contribution in [3.63, 3.8) is 0 Å². The highest BCUT2D eigenvalue weighted by Gasteiger charge is 2.31. The van der Waals surface area contributed by atoms with Gasteiger partial charge in [0.25, 0.3) is 11.8 Å². The van der Waals surface area contributed by atoms with Crippen LogP contribution in [-0.2, 0) is 9.59 Å². The molecule has 1 saturated carbocycles. The summed E-state index contributed by atoms with van der Waals surface area (Å²) in [6.07, 6.45) is 1.69. The first-order valence-electron chi connectivity index (χ1n) is 9.24. The van der Waals surface area contributed by atoms with Crippen molar-refractivity contribution in [3.8, 4) is 5.75 Å². The van der Waals surface area contributed by atoms with Crippen LogP contribution in [0.4, 0.5) is 5.00 Å². The van der Waals surface area contributed by atoms with Gasteiger partial charge in [0.05, 0.1) is 18.8 Å². The Balaban J connectivity index is 1.76. The van der Waals surface area contributed by atoms with Crippen LogP contribution < -0.4 is 15.8 Å². The second-order valence-electron chi connectivity index (χ2n) is 6.71. The quantitative estimate of drug-likeness (QED) is 0.441. The van der Waals surface area contributed by atoms with Crippen LogP contribution >= 0.6 is 11.3 Å². The van der Waals surface area contributed by atoms with Gasteiger partial charge in [-0.25, -0.2) is 0 Å². The van der Waals surface area contributed by atoms with E-state index in [1.165, 1.54) is 16.2 Å². The number of nitrogens with zero attached hydrogens (tertiary/aromatic N) is 1. The Bertz CT molecular complexity index is 918. The minimum absolute atomic E-state index is 0.00775. The lowest BCUT2D eigenvalue weighted by Gasteiger charge is -2.20. The number of amides is 3. The average Bonchev–Trinajstić information content (AvgIpc) is 3.47. The Morgan fingerprint density at radius 1 is 1.21 bits per heavy atom. The first-order valence-corrected chi connectivity index (χ1v) is 10.1. The molecule has 0 spiro atoms. The van der Waals surface area contributed by atoms with E-state index in [9.17, 15) is 14.4 Å². The molecule has 1 heterocycles. The lowest BCUT2D eigenvalue weighted by Crippen LogP contribution is -2.38. The molecule has 0 atom stereocenters. The van der Waals surface area contributed by atoms with Crippen molar-refractivity contribution in [2.45, 2.75) is 12.8 Å². The summed E-state index contributed by atoms with van der Waals surface area (Å²) >= 11 is 1.22. The highest BCUT2D eigenvalue weighted by molar-refractivity contribution is 7.23. The Kier molecular flexibility index (Phi) is 6.68. The van der Waals surface area contributed by atoms with Gasteiger partial charge in [-0.2, -0.15) is 0 Å². The van der Waals surface area contributed by atoms with E-state index in [0.29, 0.717) is 20.8 Å². The SMILES string of the molecule is NC(=O)c1c(NC(=O)C2CC2)sc2cc(OCC(=O)N(CCO)CCO)ccc12. The number of rotatable bonds is 10. The maximum atomic E-state index is 12.2. The van der Waals surface area contributed by atoms with Crippen molar-refractivity contribution < 1.29 is 29.3 Å². The fraction of sp³-hybridized carbons (Fsp3) is 0.421. The third kappa shape index (κ3) is 5.03. The summed E-state index contributed by atoms with van der Waals surface area (Å²) < 4.78 is 6.23. The highest BCUT2D eigenvalue weighted by Crippen LogP contribution is 2.39. The lowest BCUT2D eigenvalue weighted by atomic mass is 10.1. The second kappa shape index (κ2) is 9.21. The number of primary amides is 1. The molecule has 9 nitrogen and oxygen atoms in total. The molecule has 5 N–H and O–H groups in total. The molecule has 1 aliphatic rings. The third-order valence-corrected chi connectivity index (χ3v) is 5.62. The molecule has 3 rings (SSSR count). The Hall–Kier alpha value is -2.69. The van der Waals surface area contributed by atoms with Gasteiger partial charge in [0.15, 0.2) is 6.61 Å². The van der Waals surface area contributed by atoms with Gasteiger partial charge in [-0.05, 0) is 31.0 Å². The van der Waals surface area contributed by atoms with Crippen LogP contribution in [0.15, 0.2) is 18.2 Å². The third-order valence-electron chi connectivity index (χ3n) is 4.55. The van der Waals surface area contributed by atoms with Gasteiger partial charge in [-0.1, -0.05) is 0 Å². The molecule has 1 aromatic heterocycles. The van der Waals surface area contributed by atoms with Gasteiger partial charge in [0.2, 0.25) is 5.91 Å². The number of carbonyl (C=O) groups excluding carboxylic acids is 3. The zero-order valence-electron chi connectivity index (χ0n) is 15.7. The summed E-state index contributed by atoms with van der Waals surface area (Å²) in [4.78, 5) is 37.5. The molecule has 0 radical (unpaired) electrons. The van der Waals surface area contributed by atoms with Crippen LogP contribution in [0.5, 0.6) is 5.75 Å². The van der Waals surface area contributed by atoms with Crippen molar-refractivity contribution in [3.05, 3.63) is 23.8 Å². The molecule has 1 aliphatic carbocycles. The maximum absolute atomic E-state index is 12.2. The topological polar surface area (TPSA) is 142 Å². The molecule has 2 aromatic rings. The molecule has 0 saturated heterocycles. The predicted octanol–water partition coefficient (Wildman–Crippen LogP) is 0.541. The van der Waals surface area contributed by atoms with Crippen LogP contribution in [0.25, 0.3) is 10.1 Å². The molecule has 0 unspecified atom stereocenters. The van der Waals surface area contributed by atoms with Crippen molar-refractivity contribution in [1.29, 1.82) is 0 Å². The van der Waals surface area contributed by atoms with Crippen molar-refractivity contribution in [1.82, 2.24) is 4.90 Å². The number of aliphatic hydroxyl groups is 2. The van der Waals surface area contributed by atoms with E-state index >= 15 is 0 Å². The smallest absolute Gasteiger partial charge is 0.260 e. The monoisotopic (exact) mass is 421 g/mol. The number of anilines is 1. The number of aliphatic hydroxyl groups excluding tert-OH is 2. The number of nitrogens with one attached hydrogen (secondary N) is 1. The standard InChI is InChI=1S/C19H23N3O6S/c20-17(26)16-13-4-3-12(28-10-15(25)22(5-7-23)6-8-24)9-14(13)29-19(16)21-18(27)11-1-2-11/h3-4,9,11,23-24H,1-2,5-8,10H2,(H2,20,26)(H,21,27). The first kappa shape index (κ1) is 21.0. The maximum Gasteiger partial charge on any atom is 0.260 e. The number of nitrogens with two attached hydrogens (primary N) is 1. The first-order chi connectivity index (χ1) is 13.9. The molecule has 10 heteroatoms. The van der Waals surface area contributed by atoms with Crippen LogP contribution in [0, 0.1) is 5.92 Å². The molecule has 0 aliphatic heterocycles.